The van der Waals surface area contributed by atoms with Crippen molar-refractivity contribution in [1.29, 1.82) is 0 Å². The average Bonchev–Trinajstić information content (AvgIpc) is 3.22. The van der Waals surface area contributed by atoms with E-state index in [9.17, 15) is 4.79 Å². The summed E-state index contributed by atoms with van der Waals surface area (Å²) in [6.07, 6.45) is 5.97. The van der Waals surface area contributed by atoms with Gasteiger partial charge < -0.3 is 14.0 Å². The summed E-state index contributed by atoms with van der Waals surface area (Å²) in [5, 5.41) is 0. The third-order valence-corrected chi connectivity index (χ3v) is 5.80. The van der Waals surface area contributed by atoms with Crippen molar-refractivity contribution in [2.24, 2.45) is 0 Å². The molecule has 3 aliphatic heterocycles. The normalized spacial score (nSPS) is 28.4. The molecule has 5 nitrogen and oxygen atoms in total. The molecule has 28 heavy (non-hydrogen) atoms. The summed E-state index contributed by atoms with van der Waals surface area (Å²) in [5.74, 6) is -0.270. The van der Waals surface area contributed by atoms with Crippen LogP contribution in [0.1, 0.15) is 61.3 Å². The zero-order chi connectivity index (χ0) is 21.8. The molecule has 2 atom stereocenters. The molecule has 0 N–H and O–H groups in total. The fourth-order valence-corrected chi connectivity index (χ4v) is 3.65. The highest BCUT2D eigenvalue weighted by molar-refractivity contribution is 6.68. The van der Waals surface area contributed by atoms with E-state index in [0.29, 0.717) is 0 Å². The van der Waals surface area contributed by atoms with Crippen molar-refractivity contribution in [1.82, 2.24) is 4.90 Å². The van der Waals surface area contributed by atoms with Crippen molar-refractivity contribution in [3.63, 3.8) is 0 Å². The number of nitrogens with zero attached hydrogens (tertiary/aromatic N) is 1. The quantitative estimate of drug-likeness (QED) is 0.241. The first-order chi connectivity index (χ1) is 12.9. The first-order valence-corrected chi connectivity index (χ1v) is 11.0. The molecule has 2 unspecified atom stereocenters. The number of alkyl halides is 3. The van der Waals surface area contributed by atoms with Gasteiger partial charge in [-0.25, -0.2) is 0 Å². The van der Waals surface area contributed by atoms with Gasteiger partial charge in [-0.1, -0.05) is 60.8 Å². The molecule has 0 spiro atoms. The number of carbonyl (C=O) groups excluding carboxylic acids is 1. The van der Waals surface area contributed by atoms with Gasteiger partial charge in [0.05, 0.1) is 11.2 Å². The van der Waals surface area contributed by atoms with Crippen LogP contribution in [0.15, 0.2) is 12.2 Å². The number of hydrogen-bond acceptors (Lipinski definition) is 5. The fourth-order valence-electron chi connectivity index (χ4n) is 3.14. The van der Waals surface area contributed by atoms with Gasteiger partial charge in [-0.2, -0.15) is 0 Å². The Morgan fingerprint density at radius 1 is 1.18 bits per heavy atom. The van der Waals surface area contributed by atoms with Crippen molar-refractivity contribution in [3.8, 4) is 0 Å². The summed E-state index contributed by atoms with van der Waals surface area (Å²) in [6.45, 7) is 15.1. The number of rotatable bonds is 2. The maximum absolute atomic E-state index is 11.3. The van der Waals surface area contributed by atoms with Crippen LogP contribution in [0.4, 0.5) is 0 Å². The molecular weight excluding hydrogens is 423 g/mol. The number of carbonyl (C=O) groups is 1. The molecule has 0 amide bonds. The number of ether oxygens (including phenoxy) is 1. The average molecular weight is 457 g/mol. The van der Waals surface area contributed by atoms with E-state index in [-0.39, 0.29) is 30.3 Å². The Morgan fingerprint density at radius 2 is 1.71 bits per heavy atom. The second-order valence-corrected chi connectivity index (χ2v) is 10.1. The maximum Gasteiger partial charge on any atom is 0.461 e. The fraction of sp³-hybridized carbons (Fsp3) is 0.842. The van der Waals surface area contributed by atoms with E-state index in [2.05, 4.69) is 33.8 Å². The Bertz CT molecular complexity index is 536. The second-order valence-electron chi connectivity index (χ2n) is 7.72. The SMILES string of the molecule is C/C=C/CB1OC(C)(C)C(C)(C)O1.CC.O=C1OC(C(Cl)(Cl)Cl)N2CCCC12. The molecule has 0 bridgehead atoms. The van der Waals surface area contributed by atoms with Crippen LogP contribution >= 0.6 is 34.8 Å². The van der Waals surface area contributed by atoms with Gasteiger partial charge in [0.25, 0.3) is 0 Å². The first-order valence-electron chi connectivity index (χ1n) is 9.89. The third-order valence-electron chi connectivity index (χ3n) is 5.24. The van der Waals surface area contributed by atoms with Crippen molar-refractivity contribution in [2.75, 3.05) is 6.54 Å². The van der Waals surface area contributed by atoms with Gasteiger partial charge in [-0.15, -0.1) is 0 Å². The molecule has 0 radical (unpaired) electrons. The standard InChI is InChI=1S/C10H19BO2.C7H8Cl3NO2.C2H6/c1-6-7-8-11-12-9(2,3)10(4,5)13-11;8-7(9,10)6-11-3-1-2-4(11)5(12)13-6;1-2/h6-7H,8H2,1-5H3;4,6H,1-3H2;1-2H3/b7-6+;;. The predicted molar refractivity (Wildman–Crippen MR) is 117 cm³/mol. The second kappa shape index (κ2) is 10.4. The van der Waals surface area contributed by atoms with Crippen molar-refractivity contribution >= 4 is 47.9 Å². The summed E-state index contributed by atoms with van der Waals surface area (Å²) in [6, 6.07) is -0.194. The number of esters is 1. The zero-order valence-corrected chi connectivity index (χ0v) is 20.2. The summed E-state index contributed by atoms with van der Waals surface area (Å²) in [4.78, 5) is 13.1. The molecule has 162 valence electrons. The minimum Gasteiger partial charge on any atom is -0.440 e. The molecule has 9 heteroatoms. The minimum atomic E-state index is -1.55. The van der Waals surface area contributed by atoms with E-state index in [1.807, 2.05) is 31.7 Å². The molecule has 3 aliphatic rings. The summed E-state index contributed by atoms with van der Waals surface area (Å²) in [5.41, 5.74) is -0.390. The van der Waals surface area contributed by atoms with Crippen LogP contribution < -0.4 is 0 Å². The van der Waals surface area contributed by atoms with Crippen LogP contribution in [0.3, 0.4) is 0 Å². The topological polar surface area (TPSA) is 48.0 Å². The highest BCUT2D eigenvalue weighted by Crippen LogP contribution is 2.41. The van der Waals surface area contributed by atoms with Crippen molar-refractivity contribution in [2.45, 2.75) is 94.9 Å². The van der Waals surface area contributed by atoms with E-state index >= 15 is 0 Å². The van der Waals surface area contributed by atoms with Gasteiger partial charge in [0, 0.05) is 12.9 Å². The summed E-state index contributed by atoms with van der Waals surface area (Å²) in [7, 11) is -0.0822. The van der Waals surface area contributed by atoms with Gasteiger partial charge in [0.15, 0.2) is 0 Å². The number of hydrogen-bond donors (Lipinski definition) is 0. The lowest BCUT2D eigenvalue weighted by Crippen LogP contribution is -2.41. The molecule has 0 aromatic carbocycles. The van der Waals surface area contributed by atoms with Crippen molar-refractivity contribution < 1.29 is 18.8 Å². The van der Waals surface area contributed by atoms with E-state index < -0.39 is 10.0 Å². The largest absolute Gasteiger partial charge is 0.461 e. The van der Waals surface area contributed by atoms with Crippen LogP contribution in [0.25, 0.3) is 0 Å². The Kier molecular flexibility index (Phi) is 9.65. The molecule has 0 aromatic heterocycles. The van der Waals surface area contributed by atoms with Crippen LogP contribution in [0.2, 0.25) is 6.32 Å². The lowest BCUT2D eigenvalue weighted by molar-refractivity contribution is -0.142. The third kappa shape index (κ3) is 6.26. The molecule has 3 heterocycles. The van der Waals surface area contributed by atoms with Crippen LogP contribution in [0.5, 0.6) is 0 Å². The van der Waals surface area contributed by atoms with E-state index in [1.54, 1.807) is 0 Å². The molecule has 0 aliphatic carbocycles. The highest BCUT2D eigenvalue weighted by Gasteiger charge is 2.53. The van der Waals surface area contributed by atoms with Gasteiger partial charge in [-0.3, -0.25) is 9.69 Å². The zero-order valence-electron chi connectivity index (χ0n) is 17.9. The maximum atomic E-state index is 11.3. The number of cyclic esters (lactones) is 1. The monoisotopic (exact) mass is 455 g/mol. The van der Waals surface area contributed by atoms with Gasteiger partial charge in [0.2, 0.25) is 10.0 Å². The minimum absolute atomic E-state index is 0.0822. The summed E-state index contributed by atoms with van der Waals surface area (Å²) < 4.78 is 15.0. The van der Waals surface area contributed by atoms with Gasteiger partial charge in [-0.05, 0) is 47.5 Å². The Morgan fingerprint density at radius 3 is 2.18 bits per heavy atom. The van der Waals surface area contributed by atoms with Crippen LogP contribution in [-0.4, -0.2) is 51.8 Å². The van der Waals surface area contributed by atoms with Crippen molar-refractivity contribution in [3.05, 3.63) is 12.2 Å². The molecule has 3 rings (SSSR count). The van der Waals surface area contributed by atoms with E-state index in [0.717, 1.165) is 25.7 Å². The molecule has 0 aromatic rings. The molecule has 3 fully saturated rings. The predicted octanol–water partition coefficient (Wildman–Crippen LogP) is 5.38. The number of halogens is 3. The van der Waals surface area contributed by atoms with E-state index in [1.165, 1.54) is 0 Å². The van der Waals surface area contributed by atoms with Crippen LogP contribution in [-0.2, 0) is 18.8 Å². The molecular formula is C19H33BCl3NO4. The smallest absolute Gasteiger partial charge is 0.440 e. The highest BCUT2D eigenvalue weighted by atomic mass is 35.6. The first kappa shape index (κ1) is 26.1. The lowest BCUT2D eigenvalue weighted by atomic mass is 9.85. The van der Waals surface area contributed by atoms with E-state index in [4.69, 9.17) is 48.8 Å². The van der Waals surface area contributed by atoms with Gasteiger partial charge >= 0.3 is 13.1 Å². The number of allylic oxidation sites excluding steroid dienone is 2. The van der Waals surface area contributed by atoms with Crippen LogP contribution in [0, 0.1) is 0 Å². The summed E-state index contributed by atoms with van der Waals surface area (Å²) >= 11 is 17.0. The van der Waals surface area contributed by atoms with Gasteiger partial charge in [0.1, 0.15) is 6.04 Å². The number of fused-ring (bicyclic) bond motifs is 1. The Balaban J connectivity index is 0.000000257. The molecule has 0 saturated carbocycles. The molecule has 3 saturated heterocycles. The Labute approximate surface area is 185 Å². The lowest BCUT2D eigenvalue weighted by Gasteiger charge is -2.32. The Hall–Kier alpha value is 0.0249.